The molecule has 0 bridgehead atoms. The Kier molecular flexibility index (Phi) is 5.45. The van der Waals surface area contributed by atoms with Crippen LogP contribution in [-0.2, 0) is 19.4 Å². The highest BCUT2D eigenvalue weighted by Gasteiger charge is 2.32. The maximum Gasteiger partial charge on any atom is 0.289 e. The molecule has 170 valence electrons. The van der Waals surface area contributed by atoms with Crippen molar-refractivity contribution in [3.63, 3.8) is 0 Å². The number of piperazine rings is 1. The predicted octanol–water partition coefficient (Wildman–Crippen LogP) is 3.69. The smallest absolute Gasteiger partial charge is 0.289 e. The largest absolute Gasteiger partial charge is 0.459 e. The Hall–Kier alpha value is -2.45. The van der Waals surface area contributed by atoms with Gasteiger partial charge in [-0.15, -0.1) is 11.3 Å². The van der Waals surface area contributed by atoms with E-state index in [1.54, 1.807) is 23.5 Å². The van der Waals surface area contributed by atoms with Crippen molar-refractivity contribution in [2.24, 2.45) is 11.3 Å². The number of H-pyrrole nitrogens is 1. The molecule has 7 nitrogen and oxygen atoms in total. The molecule has 1 fully saturated rings. The van der Waals surface area contributed by atoms with Crippen molar-refractivity contribution in [2.75, 3.05) is 26.2 Å². The molecule has 1 atom stereocenters. The number of aryl methyl sites for hydroxylation is 1. The van der Waals surface area contributed by atoms with Gasteiger partial charge in [0.2, 0.25) is 0 Å². The third-order valence-corrected chi connectivity index (χ3v) is 8.11. The lowest BCUT2D eigenvalue weighted by Crippen LogP contribution is -2.48. The number of furan rings is 1. The molecule has 8 heteroatoms. The second kappa shape index (κ2) is 8.15. The van der Waals surface area contributed by atoms with Crippen LogP contribution in [0.15, 0.2) is 27.6 Å². The molecule has 1 N–H and O–H groups in total. The van der Waals surface area contributed by atoms with Crippen molar-refractivity contribution in [3.05, 3.63) is 50.8 Å². The van der Waals surface area contributed by atoms with Crippen LogP contribution >= 0.6 is 11.3 Å². The van der Waals surface area contributed by atoms with Gasteiger partial charge in [-0.25, -0.2) is 4.98 Å². The molecule has 1 aliphatic heterocycles. The first-order chi connectivity index (χ1) is 15.3. The topological polar surface area (TPSA) is 82.4 Å². The van der Waals surface area contributed by atoms with Gasteiger partial charge in [0.15, 0.2) is 5.76 Å². The minimum atomic E-state index is -0.0691. The molecule has 0 unspecified atom stereocenters. The molecule has 4 heterocycles. The summed E-state index contributed by atoms with van der Waals surface area (Å²) in [7, 11) is 0. The quantitative estimate of drug-likeness (QED) is 0.653. The Morgan fingerprint density at radius 3 is 2.75 bits per heavy atom. The number of amides is 1. The van der Waals surface area contributed by atoms with Crippen LogP contribution in [0.3, 0.4) is 0 Å². The van der Waals surface area contributed by atoms with Gasteiger partial charge < -0.3 is 14.3 Å². The molecule has 0 saturated carbocycles. The zero-order valence-electron chi connectivity index (χ0n) is 18.9. The number of hydrogen-bond donors (Lipinski definition) is 1. The summed E-state index contributed by atoms with van der Waals surface area (Å²) in [5.41, 5.74) is 1.48. The molecule has 3 aromatic heterocycles. The van der Waals surface area contributed by atoms with E-state index in [-0.39, 0.29) is 16.9 Å². The second-order valence-corrected chi connectivity index (χ2v) is 11.1. The summed E-state index contributed by atoms with van der Waals surface area (Å²) in [6.45, 7) is 10.2. The van der Waals surface area contributed by atoms with E-state index in [0.717, 1.165) is 42.6 Å². The van der Waals surface area contributed by atoms with E-state index in [9.17, 15) is 9.59 Å². The van der Waals surface area contributed by atoms with Crippen molar-refractivity contribution in [1.29, 1.82) is 0 Å². The molecule has 32 heavy (non-hydrogen) atoms. The van der Waals surface area contributed by atoms with Crippen LogP contribution in [0.25, 0.3) is 10.2 Å². The molecular formula is C24H30N4O3S. The molecule has 3 aromatic rings. The lowest BCUT2D eigenvalue weighted by molar-refractivity contribution is 0.0595. The molecule has 0 aromatic carbocycles. The Bertz CT molecular complexity index is 1180. The highest BCUT2D eigenvalue weighted by atomic mass is 32.1. The third-order valence-electron chi connectivity index (χ3n) is 6.96. The van der Waals surface area contributed by atoms with E-state index < -0.39 is 0 Å². The van der Waals surface area contributed by atoms with Gasteiger partial charge >= 0.3 is 0 Å². The van der Waals surface area contributed by atoms with E-state index >= 15 is 0 Å². The number of hydrogen-bond acceptors (Lipinski definition) is 6. The number of nitrogens with one attached hydrogen (secondary N) is 1. The molecule has 1 amide bonds. The van der Waals surface area contributed by atoms with Gasteiger partial charge in [-0.2, -0.15) is 0 Å². The number of nitrogens with zero attached hydrogens (tertiary/aromatic N) is 3. The third kappa shape index (κ3) is 4.01. The van der Waals surface area contributed by atoms with Crippen molar-refractivity contribution in [1.82, 2.24) is 19.8 Å². The minimum absolute atomic E-state index is 0.0108. The van der Waals surface area contributed by atoms with Gasteiger partial charge in [0.1, 0.15) is 10.7 Å². The highest BCUT2D eigenvalue weighted by Crippen LogP contribution is 2.42. The standard InChI is InChI=1S/C24H30N4O3S/c1-24(2,3)15-6-7-16-18(13-15)32-22-20(16)21(29)25-19(26-22)14-27-8-10-28(11-9-27)23(30)17-5-4-12-31-17/h4-5,12,15H,6-11,13-14H2,1-3H3,(H,25,26,29)/t15-/m1/s1. The van der Waals surface area contributed by atoms with E-state index in [0.29, 0.717) is 37.1 Å². The number of aromatic amines is 1. The molecular weight excluding hydrogens is 424 g/mol. The fourth-order valence-corrected chi connectivity index (χ4v) is 6.24. The van der Waals surface area contributed by atoms with Crippen LogP contribution in [0.5, 0.6) is 0 Å². The van der Waals surface area contributed by atoms with Gasteiger partial charge in [0, 0.05) is 31.1 Å². The zero-order valence-corrected chi connectivity index (χ0v) is 19.8. The monoisotopic (exact) mass is 454 g/mol. The SMILES string of the molecule is CC(C)(C)[C@@H]1CCc2c(sc3nc(CN4CCN(C(=O)c5ccco5)CC4)[nH]c(=O)c23)C1. The second-order valence-electron chi connectivity index (χ2n) is 10.0. The van der Waals surface area contributed by atoms with Crippen LogP contribution in [0, 0.1) is 11.3 Å². The van der Waals surface area contributed by atoms with Crippen LogP contribution in [-0.4, -0.2) is 51.9 Å². The van der Waals surface area contributed by atoms with Crippen LogP contribution in [0.1, 0.15) is 54.0 Å². The zero-order chi connectivity index (χ0) is 22.5. The number of rotatable bonds is 3. The number of fused-ring (bicyclic) bond motifs is 3. The number of carbonyl (C=O) groups excluding carboxylic acids is 1. The van der Waals surface area contributed by atoms with Gasteiger partial charge in [-0.1, -0.05) is 20.8 Å². The molecule has 0 radical (unpaired) electrons. The summed E-state index contributed by atoms with van der Waals surface area (Å²) in [4.78, 5) is 39.5. The average Bonchev–Trinajstić information content (AvgIpc) is 3.40. The average molecular weight is 455 g/mol. The van der Waals surface area contributed by atoms with Gasteiger partial charge in [-0.05, 0) is 48.3 Å². The summed E-state index contributed by atoms with van der Waals surface area (Å²) in [5, 5.41) is 0.801. The summed E-state index contributed by atoms with van der Waals surface area (Å²) in [6.07, 6.45) is 4.66. The fourth-order valence-electron chi connectivity index (χ4n) is 4.92. The minimum Gasteiger partial charge on any atom is -0.459 e. The van der Waals surface area contributed by atoms with E-state index in [2.05, 4.69) is 30.7 Å². The van der Waals surface area contributed by atoms with Crippen molar-refractivity contribution >= 4 is 27.5 Å². The van der Waals surface area contributed by atoms with E-state index in [1.807, 2.05) is 4.90 Å². The Morgan fingerprint density at radius 2 is 2.06 bits per heavy atom. The molecule has 1 aliphatic carbocycles. The van der Waals surface area contributed by atoms with Gasteiger partial charge in [0.25, 0.3) is 11.5 Å². The Labute approximate surface area is 191 Å². The lowest BCUT2D eigenvalue weighted by Gasteiger charge is -2.34. The first-order valence-corrected chi connectivity index (χ1v) is 12.2. The lowest BCUT2D eigenvalue weighted by atomic mass is 9.72. The number of aromatic nitrogens is 2. The first kappa shape index (κ1) is 21.4. The van der Waals surface area contributed by atoms with Gasteiger partial charge in [-0.3, -0.25) is 14.5 Å². The van der Waals surface area contributed by atoms with Crippen molar-refractivity contribution in [3.8, 4) is 0 Å². The number of thiophene rings is 1. The maximum atomic E-state index is 13.0. The molecule has 5 rings (SSSR count). The summed E-state index contributed by atoms with van der Waals surface area (Å²) in [5.74, 6) is 1.66. The fraction of sp³-hybridized carbons (Fsp3) is 0.542. The number of carbonyl (C=O) groups is 1. The molecule has 1 saturated heterocycles. The van der Waals surface area contributed by atoms with Crippen LogP contribution in [0.2, 0.25) is 0 Å². The van der Waals surface area contributed by atoms with Crippen LogP contribution < -0.4 is 5.56 Å². The van der Waals surface area contributed by atoms with Crippen LogP contribution in [0.4, 0.5) is 0 Å². The first-order valence-electron chi connectivity index (χ1n) is 11.4. The normalized spacial score (nSPS) is 20.0. The van der Waals surface area contributed by atoms with Crippen molar-refractivity contribution < 1.29 is 9.21 Å². The molecule has 2 aliphatic rings. The Balaban J connectivity index is 1.29. The van der Waals surface area contributed by atoms with Gasteiger partial charge in [0.05, 0.1) is 18.2 Å². The molecule has 0 spiro atoms. The summed E-state index contributed by atoms with van der Waals surface area (Å²) in [6, 6.07) is 3.43. The summed E-state index contributed by atoms with van der Waals surface area (Å²) >= 11 is 1.70. The highest BCUT2D eigenvalue weighted by molar-refractivity contribution is 7.18. The van der Waals surface area contributed by atoms with E-state index in [1.165, 1.54) is 16.7 Å². The summed E-state index contributed by atoms with van der Waals surface area (Å²) < 4.78 is 5.23. The predicted molar refractivity (Wildman–Crippen MR) is 125 cm³/mol. The van der Waals surface area contributed by atoms with Crippen molar-refractivity contribution in [2.45, 2.75) is 46.6 Å². The maximum absolute atomic E-state index is 13.0. The Morgan fingerprint density at radius 1 is 1.28 bits per heavy atom. The van der Waals surface area contributed by atoms with E-state index in [4.69, 9.17) is 9.40 Å².